The summed E-state index contributed by atoms with van der Waals surface area (Å²) in [6.45, 7) is 3.27. The van der Waals surface area contributed by atoms with Crippen molar-refractivity contribution in [3.8, 4) is 0 Å². The number of carboxylic acid groups (broad SMARTS) is 2. The number of carbonyl (C=O) groups excluding carboxylic acids is 7. The fourth-order valence-corrected chi connectivity index (χ4v) is 6.90. The van der Waals surface area contributed by atoms with Crippen LogP contribution in [0.4, 0.5) is 0 Å². The lowest BCUT2D eigenvalue weighted by Crippen LogP contribution is -2.59. The minimum atomic E-state index is -1.61. The molecule has 0 saturated carbocycles. The van der Waals surface area contributed by atoms with E-state index in [1.54, 1.807) is 0 Å². The van der Waals surface area contributed by atoms with E-state index in [0.717, 1.165) is 21.6 Å². The number of hydrogen-bond donors (Lipinski definition) is 10. The second-order valence-electron chi connectivity index (χ2n) is 11.9. The van der Waals surface area contributed by atoms with E-state index in [1.807, 2.05) is 13.8 Å². The fourth-order valence-electron chi connectivity index (χ4n) is 4.63. The first-order chi connectivity index (χ1) is 23.3. The Hall–Kier alpha value is -4.15. The van der Waals surface area contributed by atoms with Crippen molar-refractivity contribution in [1.29, 1.82) is 0 Å². The summed E-state index contributed by atoms with van der Waals surface area (Å²) in [6.07, 6.45) is -0.628. The Balaban J connectivity index is 3.24. The van der Waals surface area contributed by atoms with Crippen LogP contribution in [0.2, 0.25) is 0 Å². The number of primary amides is 2. The maximum Gasteiger partial charge on any atom is 0.321 e. The van der Waals surface area contributed by atoms with Gasteiger partial charge in [0.2, 0.25) is 41.4 Å². The Morgan fingerprint density at radius 2 is 1.42 bits per heavy atom. The highest BCUT2D eigenvalue weighted by Gasteiger charge is 2.40. The van der Waals surface area contributed by atoms with E-state index in [1.165, 1.54) is 4.90 Å². The van der Waals surface area contributed by atoms with Crippen molar-refractivity contribution in [2.24, 2.45) is 28.9 Å². The average molecular weight is 750 g/mol. The predicted molar refractivity (Wildman–Crippen MR) is 181 cm³/mol. The summed E-state index contributed by atoms with van der Waals surface area (Å²) in [5.41, 5.74) is 21.7. The van der Waals surface area contributed by atoms with Crippen LogP contribution in [-0.4, -0.2) is 129 Å². The van der Waals surface area contributed by atoms with Crippen LogP contribution >= 0.6 is 21.6 Å². The van der Waals surface area contributed by atoms with E-state index >= 15 is 0 Å². The molecule has 282 valence electrons. The molecule has 0 radical (unpaired) electrons. The van der Waals surface area contributed by atoms with Crippen molar-refractivity contribution in [2.75, 3.05) is 24.6 Å². The van der Waals surface area contributed by atoms with Crippen molar-refractivity contribution < 1.29 is 53.4 Å². The molecule has 1 fully saturated rings. The van der Waals surface area contributed by atoms with Crippen LogP contribution in [0.3, 0.4) is 0 Å². The van der Waals surface area contributed by atoms with Crippen LogP contribution in [0.15, 0.2) is 0 Å². The predicted octanol–water partition coefficient (Wildman–Crippen LogP) is -4.06. The number of hydrogen-bond acceptors (Lipinski definition) is 13. The van der Waals surface area contributed by atoms with Gasteiger partial charge in [-0.1, -0.05) is 35.4 Å². The number of nitrogens with one attached hydrogen (secondary N) is 4. The minimum absolute atomic E-state index is 0.0511. The summed E-state index contributed by atoms with van der Waals surface area (Å²) in [5.74, 6) is -8.53. The van der Waals surface area contributed by atoms with E-state index in [9.17, 15) is 43.2 Å². The number of rotatable bonds is 23. The third-order valence-corrected chi connectivity index (χ3v) is 9.60. The highest BCUT2D eigenvalue weighted by Crippen LogP contribution is 2.25. The number of nitrogens with zero attached hydrogens (tertiary/aromatic N) is 1. The van der Waals surface area contributed by atoms with Gasteiger partial charge in [0, 0.05) is 24.5 Å². The highest BCUT2D eigenvalue weighted by molar-refractivity contribution is 8.76. The molecule has 0 unspecified atom stereocenters. The largest absolute Gasteiger partial charge is 0.481 e. The van der Waals surface area contributed by atoms with Gasteiger partial charge in [-0.25, -0.2) is 0 Å². The summed E-state index contributed by atoms with van der Waals surface area (Å²) in [4.78, 5) is 112. The van der Waals surface area contributed by atoms with Crippen LogP contribution in [0.5, 0.6) is 0 Å². The van der Waals surface area contributed by atoms with E-state index in [2.05, 4.69) is 21.3 Å². The Bertz CT molecular complexity index is 1270. The Morgan fingerprint density at radius 1 is 0.800 bits per heavy atom. The Morgan fingerprint density at radius 3 is 1.98 bits per heavy atom. The molecule has 0 bridgehead atoms. The third kappa shape index (κ3) is 16.0. The first kappa shape index (κ1) is 43.9. The van der Waals surface area contributed by atoms with Gasteiger partial charge in [-0.2, -0.15) is 0 Å². The Kier molecular flexibility index (Phi) is 19.2. The van der Waals surface area contributed by atoms with E-state index in [4.69, 9.17) is 33.1 Å². The van der Waals surface area contributed by atoms with Crippen molar-refractivity contribution in [3.05, 3.63) is 0 Å². The fraction of sp³-hybridized carbons (Fsp3) is 0.679. The van der Waals surface area contributed by atoms with Gasteiger partial charge in [-0.15, -0.1) is 0 Å². The van der Waals surface area contributed by atoms with Gasteiger partial charge in [0.05, 0.1) is 19.0 Å². The molecule has 1 heterocycles. The maximum atomic E-state index is 13.9. The molecule has 0 spiro atoms. The van der Waals surface area contributed by atoms with Crippen LogP contribution in [0.25, 0.3) is 0 Å². The van der Waals surface area contributed by atoms with E-state index < -0.39 is 109 Å². The number of amides is 7. The first-order valence-electron chi connectivity index (χ1n) is 15.6. The summed E-state index contributed by atoms with van der Waals surface area (Å²) >= 11 is 0. The maximum absolute atomic E-state index is 13.9. The lowest BCUT2D eigenvalue weighted by molar-refractivity contribution is -0.142. The molecule has 0 aromatic rings. The van der Waals surface area contributed by atoms with Crippen LogP contribution < -0.4 is 44.2 Å². The molecule has 6 atom stereocenters. The molecule has 1 aliphatic rings. The van der Waals surface area contributed by atoms with Crippen LogP contribution in [0.1, 0.15) is 52.4 Å². The van der Waals surface area contributed by atoms with Gasteiger partial charge in [0.15, 0.2) is 0 Å². The van der Waals surface area contributed by atoms with Gasteiger partial charge >= 0.3 is 11.9 Å². The molecule has 1 aliphatic heterocycles. The molecule has 0 aromatic carbocycles. The van der Waals surface area contributed by atoms with Crippen molar-refractivity contribution in [2.45, 2.75) is 88.6 Å². The highest BCUT2D eigenvalue weighted by atomic mass is 33.1. The number of carboxylic acids is 2. The molecule has 22 heteroatoms. The molecule has 0 aliphatic carbocycles. The summed E-state index contributed by atoms with van der Waals surface area (Å²) in [7, 11) is 2.00. The van der Waals surface area contributed by atoms with Crippen molar-refractivity contribution in [3.63, 3.8) is 0 Å². The average Bonchev–Trinajstić information content (AvgIpc) is 3.52. The zero-order valence-electron chi connectivity index (χ0n) is 27.8. The quantitative estimate of drug-likeness (QED) is 0.0351. The Labute approximate surface area is 296 Å². The second-order valence-corrected chi connectivity index (χ2v) is 14.5. The minimum Gasteiger partial charge on any atom is -0.481 e. The van der Waals surface area contributed by atoms with Crippen molar-refractivity contribution >= 4 is 74.9 Å². The first-order valence-corrected chi connectivity index (χ1v) is 18.1. The monoisotopic (exact) mass is 749 g/mol. The van der Waals surface area contributed by atoms with Crippen LogP contribution in [-0.2, 0) is 43.2 Å². The molecule has 1 saturated heterocycles. The molecule has 14 N–H and O–H groups in total. The van der Waals surface area contributed by atoms with Gasteiger partial charge in [0.25, 0.3) is 0 Å². The summed E-state index contributed by atoms with van der Waals surface area (Å²) in [5, 5.41) is 27.6. The van der Waals surface area contributed by atoms with Crippen LogP contribution in [0, 0.1) is 5.92 Å². The molecule has 1 rings (SSSR count). The van der Waals surface area contributed by atoms with Gasteiger partial charge in [-0.3, -0.25) is 43.2 Å². The SMILES string of the molecule is CC(C)C[C@H](NC(=O)[C@@H]1CCCN1C(=O)[C@H](CSSC[C@H](N)C(=O)O)NC(=O)[C@H](CC(N)=O)NC(=O)[C@@H](N)CCC(=O)O)C(=O)NCC(N)=O. The number of likely N-dealkylation sites (tertiary alicyclic amines) is 1. The number of nitrogens with two attached hydrogens (primary N) is 4. The third-order valence-electron chi connectivity index (χ3n) is 7.16. The lowest BCUT2D eigenvalue weighted by atomic mass is 10.0. The molecule has 0 aromatic heterocycles. The molecular formula is C28H47N9O11S2. The van der Waals surface area contributed by atoms with Gasteiger partial charge < -0.3 is 59.3 Å². The zero-order valence-corrected chi connectivity index (χ0v) is 29.4. The number of aliphatic carboxylic acids is 2. The normalized spacial score (nSPS) is 17.1. The standard InChI is InChI=1S/C28H47N9O11S2/c1-13(2)8-16(24(43)33-10-21(32)39)35-26(45)19-4-3-7-37(19)27(46)18(12-50-49-11-15(30)28(47)48)36-25(44)17(9-20(31)38)34-23(42)14(29)5-6-22(40)41/h13-19H,3-12,29-30H2,1-2H3,(H2,31,38)(H2,32,39)(H,33,43)(H,34,42)(H,35,45)(H,36,44)(H,40,41)(H,47,48)/t14-,15-,16-,17-,18-,19-/m0/s1. The van der Waals surface area contributed by atoms with Gasteiger partial charge in [-0.05, 0) is 31.6 Å². The van der Waals surface area contributed by atoms with Crippen molar-refractivity contribution in [1.82, 2.24) is 26.2 Å². The second kappa shape index (κ2) is 21.8. The molecule has 7 amide bonds. The van der Waals surface area contributed by atoms with E-state index in [-0.39, 0.29) is 43.2 Å². The molecular weight excluding hydrogens is 702 g/mol. The zero-order chi connectivity index (χ0) is 38.1. The smallest absolute Gasteiger partial charge is 0.321 e. The van der Waals surface area contributed by atoms with Gasteiger partial charge in [0.1, 0.15) is 30.2 Å². The molecule has 50 heavy (non-hydrogen) atoms. The number of carbonyl (C=O) groups is 9. The lowest BCUT2D eigenvalue weighted by Gasteiger charge is -2.30. The summed E-state index contributed by atoms with van der Waals surface area (Å²) < 4.78 is 0. The summed E-state index contributed by atoms with van der Waals surface area (Å²) in [6, 6.07) is -7.68. The topological polar surface area (TPSA) is 350 Å². The molecule has 20 nitrogen and oxygen atoms in total. The van der Waals surface area contributed by atoms with E-state index in [0.29, 0.717) is 6.42 Å².